The fraction of sp³-hybridized carbons (Fsp3) is 0.429. The maximum absolute atomic E-state index is 5.71. The summed E-state index contributed by atoms with van der Waals surface area (Å²) >= 11 is 1.52. The van der Waals surface area contributed by atoms with E-state index in [9.17, 15) is 0 Å². The van der Waals surface area contributed by atoms with E-state index < -0.39 is 0 Å². The van der Waals surface area contributed by atoms with Crippen LogP contribution in [0.2, 0.25) is 0 Å². The van der Waals surface area contributed by atoms with Gasteiger partial charge in [0.1, 0.15) is 5.52 Å². The van der Waals surface area contributed by atoms with E-state index in [4.69, 9.17) is 9.15 Å². The number of tetrazole rings is 1. The molecule has 1 fully saturated rings. The van der Waals surface area contributed by atoms with Crippen LogP contribution in [0.4, 0.5) is 0 Å². The van der Waals surface area contributed by atoms with Crippen LogP contribution in [0, 0.1) is 0 Å². The lowest BCUT2D eigenvalue weighted by molar-refractivity contribution is 0.0912. The summed E-state index contributed by atoms with van der Waals surface area (Å²) in [6.07, 6.45) is 2.39. The molecule has 0 bridgehead atoms. The lowest BCUT2D eigenvalue weighted by atomic mass is 10.2. The molecule has 0 amide bonds. The fourth-order valence-electron chi connectivity index (χ4n) is 2.50. The molecule has 3 aromatic rings. The number of para-hydroxylation sites is 2. The summed E-state index contributed by atoms with van der Waals surface area (Å²) in [5, 5.41) is 12.6. The topological polar surface area (TPSA) is 78.9 Å². The molecule has 8 heteroatoms. The van der Waals surface area contributed by atoms with Crippen molar-refractivity contribution < 1.29 is 9.15 Å². The molecule has 0 saturated carbocycles. The van der Waals surface area contributed by atoms with Gasteiger partial charge in [-0.05, 0) is 35.4 Å². The molecule has 1 unspecified atom stereocenters. The lowest BCUT2D eigenvalue weighted by Gasteiger charge is -2.09. The first-order chi connectivity index (χ1) is 10.9. The van der Waals surface area contributed by atoms with E-state index in [1.165, 1.54) is 11.8 Å². The van der Waals surface area contributed by atoms with Gasteiger partial charge in [0.05, 0.1) is 18.4 Å². The number of nitrogens with zero attached hydrogens (tertiary/aromatic N) is 5. The Morgan fingerprint density at radius 3 is 3.14 bits per heavy atom. The van der Waals surface area contributed by atoms with Crippen LogP contribution in [-0.2, 0) is 17.0 Å². The Bertz CT molecular complexity index is 732. The first-order valence-electron chi connectivity index (χ1n) is 7.23. The highest BCUT2D eigenvalue weighted by Crippen LogP contribution is 2.23. The fourth-order valence-corrected chi connectivity index (χ4v) is 3.23. The van der Waals surface area contributed by atoms with Gasteiger partial charge in [0.15, 0.2) is 5.58 Å². The second-order valence-corrected chi connectivity index (χ2v) is 6.09. The molecular weight excluding hydrogens is 302 g/mol. The Kier molecular flexibility index (Phi) is 3.77. The predicted molar refractivity (Wildman–Crippen MR) is 80.4 cm³/mol. The van der Waals surface area contributed by atoms with E-state index in [-0.39, 0.29) is 6.10 Å². The first-order valence-corrected chi connectivity index (χ1v) is 8.22. The van der Waals surface area contributed by atoms with Gasteiger partial charge in [-0.1, -0.05) is 23.9 Å². The summed E-state index contributed by atoms with van der Waals surface area (Å²) < 4.78 is 13.1. The number of fused-ring (bicyclic) bond motifs is 1. The third-order valence-electron chi connectivity index (χ3n) is 3.56. The zero-order valence-electron chi connectivity index (χ0n) is 11.9. The van der Waals surface area contributed by atoms with Crippen LogP contribution >= 0.6 is 11.8 Å². The average molecular weight is 317 g/mol. The molecule has 1 aromatic carbocycles. The zero-order chi connectivity index (χ0) is 14.8. The van der Waals surface area contributed by atoms with Crippen molar-refractivity contribution in [3.8, 4) is 0 Å². The molecular formula is C14H15N5O2S. The van der Waals surface area contributed by atoms with E-state index in [1.807, 2.05) is 24.3 Å². The van der Waals surface area contributed by atoms with Crippen molar-refractivity contribution in [1.29, 1.82) is 0 Å². The number of hydrogen-bond acceptors (Lipinski definition) is 7. The van der Waals surface area contributed by atoms with Crippen molar-refractivity contribution in [3.63, 3.8) is 0 Å². The summed E-state index contributed by atoms with van der Waals surface area (Å²) in [5.41, 5.74) is 1.68. The second kappa shape index (κ2) is 6.05. The Morgan fingerprint density at radius 1 is 1.32 bits per heavy atom. The van der Waals surface area contributed by atoms with Gasteiger partial charge in [0.2, 0.25) is 11.0 Å². The van der Waals surface area contributed by atoms with Crippen molar-refractivity contribution in [1.82, 2.24) is 25.2 Å². The molecule has 1 aliphatic heterocycles. The van der Waals surface area contributed by atoms with Gasteiger partial charge < -0.3 is 9.15 Å². The highest BCUT2D eigenvalue weighted by molar-refractivity contribution is 7.98. The molecule has 1 saturated heterocycles. The van der Waals surface area contributed by atoms with Gasteiger partial charge in [-0.15, -0.1) is 5.10 Å². The van der Waals surface area contributed by atoms with Crippen LogP contribution in [0.3, 0.4) is 0 Å². The third-order valence-corrected chi connectivity index (χ3v) is 4.50. The van der Waals surface area contributed by atoms with Crippen molar-refractivity contribution >= 4 is 22.9 Å². The Hall–Kier alpha value is -1.93. The maximum Gasteiger partial charge on any atom is 0.209 e. The molecule has 7 nitrogen and oxygen atoms in total. The monoisotopic (exact) mass is 317 g/mol. The van der Waals surface area contributed by atoms with Gasteiger partial charge in [-0.2, -0.15) is 0 Å². The smallest absolute Gasteiger partial charge is 0.209 e. The van der Waals surface area contributed by atoms with Crippen LogP contribution in [0.25, 0.3) is 11.1 Å². The number of oxazole rings is 1. The van der Waals surface area contributed by atoms with Gasteiger partial charge >= 0.3 is 0 Å². The van der Waals surface area contributed by atoms with Crippen LogP contribution in [-0.4, -0.2) is 37.9 Å². The van der Waals surface area contributed by atoms with Crippen molar-refractivity contribution in [2.75, 3.05) is 6.61 Å². The summed E-state index contributed by atoms with van der Waals surface area (Å²) in [6.45, 7) is 1.53. The number of aromatic nitrogens is 5. The van der Waals surface area contributed by atoms with Gasteiger partial charge in [0, 0.05) is 6.61 Å². The van der Waals surface area contributed by atoms with Crippen LogP contribution in [0.15, 0.2) is 33.8 Å². The minimum Gasteiger partial charge on any atom is -0.440 e. The first kappa shape index (κ1) is 13.7. The average Bonchev–Trinajstić information content (AvgIpc) is 3.26. The van der Waals surface area contributed by atoms with Gasteiger partial charge in [0.25, 0.3) is 0 Å². The van der Waals surface area contributed by atoms with E-state index in [0.717, 1.165) is 35.7 Å². The number of thioether (sulfide) groups is 1. The Morgan fingerprint density at radius 2 is 2.27 bits per heavy atom. The highest BCUT2D eigenvalue weighted by Gasteiger charge is 2.19. The van der Waals surface area contributed by atoms with E-state index >= 15 is 0 Å². The van der Waals surface area contributed by atoms with Crippen molar-refractivity contribution in [2.45, 2.75) is 36.4 Å². The number of rotatable bonds is 5. The summed E-state index contributed by atoms with van der Waals surface area (Å²) in [7, 11) is 0. The van der Waals surface area contributed by atoms with Crippen LogP contribution in [0.1, 0.15) is 18.7 Å². The molecule has 2 aromatic heterocycles. The molecule has 0 radical (unpaired) electrons. The predicted octanol–water partition coefficient (Wildman–Crippen LogP) is 2.29. The molecule has 4 rings (SSSR count). The van der Waals surface area contributed by atoms with E-state index in [1.54, 1.807) is 4.68 Å². The SMILES string of the molecule is c1ccc2oc(CSc3nnnn3CC3CCCO3)nc2c1. The van der Waals surface area contributed by atoms with Crippen molar-refractivity contribution in [3.05, 3.63) is 30.2 Å². The Balaban J connectivity index is 1.44. The zero-order valence-corrected chi connectivity index (χ0v) is 12.7. The molecule has 0 N–H and O–H groups in total. The highest BCUT2D eigenvalue weighted by atomic mass is 32.2. The molecule has 114 valence electrons. The maximum atomic E-state index is 5.71. The lowest BCUT2D eigenvalue weighted by Crippen LogP contribution is -2.16. The minimum atomic E-state index is 0.215. The normalized spacial score (nSPS) is 18.3. The Labute approximate surface area is 131 Å². The molecule has 0 aliphatic carbocycles. The molecule has 3 heterocycles. The summed E-state index contributed by atoms with van der Waals surface area (Å²) in [4.78, 5) is 4.46. The number of ether oxygens (including phenoxy) is 1. The number of hydrogen-bond donors (Lipinski definition) is 0. The van der Waals surface area contributed by atoms with Gasteiger partial charge in [-0.3, -0.25) is 0 Å². The van der Waals surface area contributed by atoms with Crippen LogP contribution < -0.4 is 0 Å². The third kappa shape index (κ3) is 2.84. The molecule has 1 atom stereocenters. The summed E-state index contributed by atoms with van der Waals surface area (Å²) in [6, 6.07) is 7.74. The van der Waals surface area contributed by atoms with Crippen LogP contribution in [0.5, 0.6) is 0 Å². The quantitative estimate of drug-likeness (QED) is 0.668. The second-order valence-electron chi connectivity index (χ2n) is 5.14. The standard InChI is InChI=1S/C14H15N5O2S/c1-2-6-12-11(5-1)15-13(21-12)9-22-14-16-17-18-19(14)8-10-4-3-7-20-10/h1-2,5-6,10H,3-4,7-9H2. The minimum absolute atomic E-state index is 0.215. The molecule has 0 spiro atoms. The van der Waals surface area contributed by atoms with Gasteiger partial charge in [-0.25, -0.2) is 9.67 Å². The van der Waals surface area contributed by atoms with E-state index in [0.29, 0.717) is 18.2 Å². The number of benzene rings is 1. The van der Waals surface area contributed by atoms with Crippen molar-refractivity contribution in [2.24, 2.45) is 0 Å². The molecule has 22 heavy (non-hydrogen) atoms. The summed E-state index contributed by atoms with van der Waals surface area (Å²) in [5.74, 6) is 1.28. The molecule has 1 aliphatic rings. The van der Waals surface area contributed by atoms with E-state index in [2.05, 4.69) is 20.5 Å². The largest absolute Gasteiger partial charge is 0.440 e.